The van der Waals surface area contributed by atoms with Gasteiger partial charge in [-0.25, -0.2) is 9.87 Å². The van der Waals surface area contributed by atoms with Crippen molar-refractivity contribution in [1.82, 2.24) is 19.5 Å². The molecular formula is C14H15ClF6N5O4P. The van der Waals surface area contributed by atoms with Crippen LogP contribution in [0, 0.1) is 0 Å². The number of hydrogen-bond donors (Lipinski definition) is 2. The Balaban J connectivity index is 1.74. The summed E-state index contributed by atoms with van der Waals surface area (Å²) in [6.07, 6.45) is -12.8. The minimum Gasteiger partial charge on any atom is -0.368 e. The van der Waals surface area contributed by atoms with Crippen molar-refractivity contribution in [2.24, 2.45) is 0 Å². The molecule has 0 saturated heterocycles. The maximum Gasteiger partial charge on any atom is 0.390 e. The Labute approximate surface area is 175 Å². The van der Waals surface area contributed by atoms with Gasteiger partial charge in [-0.15, -0.1) is 4.67 Å². The fourth-order valence-electron chi connectivity index (χ4n) is 2.79. The van der Waals surface area contributed by atoms with Gasteiger partial charge in [-0.2, -0.15) is 36.3 Å². The van der Waals surface area contributed by atoms with Gasteiger partial charge in [0.25, 0.3) is 0 Å². The fraction of sp³-hybridized carbons (Fsp3) is 0.643. The predicted molar refractivity (Wildman–Crippen MR) is 93.8 cm³/mol. The first kappa shape index (κ1) is 24.0. The van der Waals surface area contributed by atoms with Crippen LogP contribution in [0.25, 0.3) is 11.2 Å². The minimum atomic E-state index is -5.46. The molecule has 2 heterocycles. The van der Waals surface area contributed by atoms with Crippen LogP contribution in [0.4, 0.5) is 32.3 Å². The van der Waals surface area contributed by atoms with Crippen molar-refractivity contribution in [1.29, 1.82) is 0 Å². The van der Waals surface area contributed by atoms with Gasteiger partial charge in [0, 0.05) is 0 Å². The molecule has 0 spiro atoms. The van der Waals surface area contributed by atoms with Gasteiger partial charge in [0.2, 0.25) is 5.95 Å². The number of nitrogens with zero attached hydrogens (tertiary/aromatic N) is 4. The predicted octanol–water partition coefficient (Wildman–Crippen LogP) is 4.00. The van der Waals surface area contributed by atoms with Crippen molar-refractivity contribution in [3.8, 4) is 0 Å². The zero-order chi connectivity index (χ0) is 23.2. The molecule has 0 amide bonds. The summed E-state index contributed by atoms with van der Waals surface area (Å²) < 4.78 is 93.6. The van der Waals surface area contributed by atoms with Gasteiger partial charge < -0.3 is 15.2 Å². The third-order valence-corrected chi connectivity index (χ3v) is 6.26. The molecule has 0 aromatic carbocycles. The first-order valence-corrected chi connectivity index (χ1v) is 10.6. The Morgan fingerprint density at radius 1 is 1.23 bits per heavy atom. The van der Waals surface area contributed by atoms with E-state index in [1.807, 2.05) is 0 Å². The number of alkyl halides is 6. The van der Waals surface area contributed by atoms with Crippen LogP contribution in [0.5, 0.6) is 0 Å². The molecule has 174 valence electrons. The zero-order valence-corrected chi connectivity index (χ0v) is 17.0. The van der Waals surface area contributed by atoms with Crippen LogP contribution < -0.4 is 5.73 Å². The SMILES string of the molecule is Nc1nc(Cl)c2ncn(CC3(OOP(=O)(O)C(CC(F)(F)F)CC(F)(F)F)CC3)c2n1. The zero-order valence-electron chi connectivity index (χ0n) is 15.3. The van der Waals surface area contributed by atoms with Crippen LogP contribution >= 0.6 is 19.2 Å². The van der Waals surface area contributed by atoms with Crippen LogP contribution in [-0.2, 0) is 20.7 Å². The van der Waals surface area contributed by atoms with Gasteiger partial charge in [0.1, 0.15) is 11.1 Å². The number of halogens is 7. The average Bonchev–Trinajstić information content (AvgIpc) is 3.24. The van der Waals surface area contributed by atoms with E-state index in [0.29, 0.717) is 0 Å². The van der Waals surface area contributed by atoms with Crippen molar-refractivity contribution in [2.75, 3.05) is 5.73 Å². The molecule has 0 aliphatic heterocycles. The Morgan fingerprint density at radius 2 is 1.81 bits per heavy atom. The molecule has 3 N–H and O–H groups in total. The van der Waals surface area contributed by atoms with E-state index < -0.39 is 44.1 Å². The lowest BCUT2D eigenvalue weighted by atomic mass is 10.2. The van der Waals surface area contributed by atoms with Crippen LogP contribution in [-0.4, -0.2) is 48.0 Å². The van der Waals surface area contributed by atoms with E-state index in [0.717, 1.165) is 0 Å². The molecule has 1 aliphatic rings. The van der Waals surface area contributed by atoms with E-state index in [1.54, 1.807) is 0 Å². The molecule has 2 aromatic heterocycles. The second-order valence-electron chi connectivity index (χ2n) is 7.11. The standard InChI is InChI=1S/C14H15ClF6N5O4P/c15-9-8-10(25-11(22)24-9)26(6-23-8)5-12(1-2-12)29-30-31(27,28)7(3-13(16,17)18)4-14(19,20)21/h6-7H,1-5H2,(H,27,28)(H2,22,24,25). The summed E-state index contributed by atoms with van der Waals surface area (Å²) in [6.45, 7) is -0.0977. The summed E-state index contributed by atoms with van der Waals surface area (Å²) in [7, 11) is -5.46. The van der Waals surface area contributed by atoms with Crippen molar-refractivity contribution >= 4 is 36.3 Å². The quantitative estimate of drug-likeness (QED) is 0.184. The van der Waals surface area contributed by atoms with Crippen molar-refractivity contribution in [2.45, 2.75) is 55.8 Å². The molecule has 0 radical (unpaired) electrons. The normalized spacial score (nSPS) is 18.5. The van der Waals surface area contributed by atoms with E-state index >= 15 is 0 Å². The number of hydrogen-bond acceptors (Lipinski definition) is 7. The second kappa shape index (κ2) is 8.03. The van der Waals surface area contributed by atoms with Crippen LogP contribution in [0.1, 0.15) is 25.7 Å². The van der Waals surface area contributed by atoms with Crippen LogP contribution in [0.3, 0.4) is 0 Å². The topological polar surface area (TPSA) is 125 Å². The third-order valence-electron chi connectivity index (χ3n) is 4.42. The first-order valence-electron chi connectivity index (χ1n) is 8.56. The van der Waals surface area contributed by atoms with Crippen LogP contribution in [0.2, 0.25) is 5.15 Å². The van der Waals surface area contributed by atoms with Gasteiger partial charge in [-0.05, 0) is 12.8 Å². The fourth-order valence-corrected chi connectivity index (χ4v) is 4.27. The van der Waals surface area contributed by atoms with E-state index in [9.17, 15) is 35.8 Å². The monoisotopic (exact) mass is 497 g/mol. The Bertz CT molecular complexity index is 995. The number of imidazole rings is 1. The van der Waals surface area contributed by atoms with E-state index in [1.165, 1.54) is 10.9 Å². The van der Waals surface area contributed by atoms with Crippen LogP contribution in [0.15, 0.2) is 6.33 Å². The molecule has 1 atom stereocenters. The molecule has 1 aliphatic carbocycles. The molecule has 9 nitrogen and oxygen atoms in total. The molecule has 1 saturated carbocycles. The molecule has 31 heavy (non-hydrogen) atoms. The highest BCUT2D eigenvalue weighted by Crippen LogP contribution is 2.57. The van der Waals surface area contributed by atoms with E-state index in [2.05, 4.69) is 19.6 Å². The number of nitrogen functional groups attached to an aromatic ring is 1. The van der Waals surface area contributed by atoms with Crippen molar-refractivity contribution < 1.29 is 45.4 Å². The summed E-state index contributed by atoms with van der Waals surface area (Å²) in [5, 5.41) is -0.0368. The number of aromatic nitrogens is 4. The van der Waals surface area contributed by atoms with E-state index in [-0.39, 0.29) is 41.7 Å². The third kappa shape index (κ3) is 6.19. The first-order chi connectivity index (χ1) is 14.1. The minimum absolute atomic E-state index is 0.0368. The molecule has 0 bridgehead atoms. The van der Waals surface area contributed by atoms with Gasteiger partial charge in [0.15, 0.2) is 10.8 Å². The number of anilines is 1. The smallest absolute Gasteiger partial charge is 0.368 e. The molecule has 3 rings (SSSR count). The second-order valence-corrected chi connectivity index (χ2v) is 9.48. The highest BCUT2D eigenvalue weighted by Gasteiger charge is 2.52. The maximum atomic E-state index is 12.6. The highest BCUT2D eigenvalue weighted by atomic mass is 35.5. The summed E-state index contributed by atoms with van der Waals surface area (Å²) in [4.78, 5) is 26.4. The summed E-state index contributed by atoms with van der Waals surface area (Å²) in [5.74, 6) is -0.164. The molecule has 1 fully saturated rings. The largest absolute Gasteiger partial charge is 0.390 e. The van der Waals surface area contributed by atoms with Gasteiger partial charge in [-0.3, -0.25) is 4.57 Å². The molecule has 2 aromatic rings. The Morgan fingerprint density at radius 3 is 2.32 bits per heavy atom. The molecule has 17 heteroatoms. The van der Waals surface area contributed by atoms with Gasteiger partial charge >= 0.3 is 19.9 Å². The number of rotatable bonds is 8. The summed E-state index contributed by atoms with van der Waals surface area (Å²) >= 11 is 5.91. The Kier molecular flexibility index (Phi) is 6.21. The lowest BCUT2D eigenvalue weighted by Crippen LogP contribution is -2.28. The number of fused-ring (bicyclic) bond motifs is 1. The Hall–Kier alpha value is -1.67. The van der Waals surface area contributed by atoms with Gasteiger partial charge in [0.05, 0.1) is 31.4 Å². The van der Waals surface area contributed by atoms with Crippen molar-refractivity contribution in [3.05, 3.63) is 11.5 Å². The molecule has 1 unspecified atom stereocenters. The lowest BCUT2D eigenvalue weighted by Gasteiger charge is -2.25. The summed E-state index contributed by atoms with van der Waals surface area (Å²) in [6, 6.07) is 0. The molecular weight excluding hydrogens is 483 g/mol. The lowest BCUT2D eigenvalue weighted by molar-refractivity contribution is -0.268. The van der Waals surface area contributed by atoms with Gasteiger partial charge in [-0.1, -0.05) is 11.6 Å². The maximum absolute atomic E-state index is 12.6. The van der Waals surface area contributed by atoms with Crippen molar-refractivity contribution in [3.63, 3.8) is 0 Å². The number of nitrogens with two attached hydrogens (primary N) is 1. The highest BCUT2D eigenvalue weighted by molar-refractivity contribution is 7.53. The van der Waals surface area contributed by atoms with E-state index in [4.69, 9.17) is 22.2 Å². The average molecular weight is 498 g/mol. The summed E-state index contributed by atoms with van der Waals surface area (Å²) in [5.41, 5.74) is 1.85.